The van der Waals surface area contributed by atoms with Gasteiger partial charge in [-0.2, -0.15) is 5.10 Å². The van der Waals surface area contributed by atoms with Crippen molar-refractivity contribution in [1.29, 1.82) is 0 Å². The van der Waals surface area contributed by atoms with Gasteiger partial charge in [-0.15, -0.1) is 12.4 Å². The molecule has 0 spiro atoms. The highest BCUT2D eigenvalue weighted by atomic mass is 35.5. The van der Waals surface area contributed by atoms with Gasteiger partial charge in [-0.1, -0.05) is 0 Å². The number of nitrogens with zero attached hydrogens (tertiary/aromatic N) is 2. The Labute approximate surface area is 107 Å². The molecule has 1 aliphatic rings. The number of amides is 1. The second-order valence-corrected chi connectivity index (χ2v) is 4.18. The third-order valence-electron chi connectivity index (χ3n) is 2.99. The molecule has 0 radical (unpaired) electrons. The van der Waals surface area contributed by atoms with Gasteiger partial charge in [0, 0.05) is 25.8 Å². The van der Waals surface area contributed by atoms with E-state index in [4.69, 9.17) is 0 Å². The number of aryl methyl sites for hydroxylation is 1. The Hall–Kier alpha value is -1.07. The summed E-state index contributed by atoms with van der Waals surface area (Å²) in [4.78, 5) is 11.7. The summed E-state index contributed by atoms with van der Waals surface area (Å²) in [7, 11) is 1.77. The van der Waals surface area contributed by atoms with Crippen LogP contribution < -0.4 is 10.6 Å². The van der Waals surface area contributed by atoms with Crippen LogP contribution in [0, 0.1) is 0 Å². The molecule has 5 nitrogen and oxygen atoms in total. The first-order valence-corrected chi connectivity index (χ1v) is 5.77. The lowest BCUT2D eigenvalue weighted by molar-refractivity contribution is 0.0943. The summed E-state index contributed by atoms with van der Waals surface area (Å²) >= 11 is 0. The minimum atomic E-state index is -0.0435. The molecule has 1 aromatic rings. The van der Waals surface area contributed by atoms with Crippen LogP contribution in [-0.4, -0.2) is 34.8 Å². The largest absolute Gasteiger partial charge is 0.351 e. The molecule has 17 heavy (non-hydrogen) atoms. The van der Waals surface area contributed by atoms with E-state index in [-0.39, 0.29) is 18.3 Å². The van der Waals surface area contributed by atoms with E-state index in [2.05, 4.69) is 15.7 Å². The van der Waals surface area contributed by atoms with Gasteiger partial charge in [-0.25, -0.2) is 0 Å². The topological polar surface area (TPSA) is 59.0 Å². The summed E-state index contributed by atoms with van der Waals surface area (Å²) in [5.41, 5.74) is 0.611. The molecular formula is C11H19ClN4O. The van der Waals surface area contributed by atoms with Gasteiger partial charge in [0.2, 0.25) is 0 Å². The molecule has 1 amide bonds. The molecule has 0 aliphatic carbocycles. The Morgan fingerprint density at radius 3 is 3.12 bits per heavy atom. The van der Waals surface area contributed by atoms with Crippen molar-refractivity contribution < 1.29 is 4.79 Å². The van der Waals surface area contributed by atoms with Crippen molar-refractivity contribution >= 4 is 18.3 Å². The van der Waals surface area contributed by atoms with Crippen LogP contribution >= 0.6 is 12.4 Å². The molecule has 0 unspecified atom stereocenters. The predicted octanol–water partition coefficient (Wildman–Crippen LogP) is 0.714. The maximum atomic E-state index is 11.7. The lowest BCUT2D eigenvalue weighted by Crippen LogP contribution is -2.31. The van der Waals surface area contributed by atoms with E-state index in [1.165, 1.54) is 12.8 Å². The molecule has 2 rings (SSSR count). The molecule has 0 bridgehead atoms. The van der Waals surface area contributed by atoms with Crippen LogP contribution in [-0.2, 0) is 7.05 Å². The third-order valence-corrected chi connectivity index (χ3v) is 2.99. The molecule has 0 saturated carbocycles. The molecule has 6 heteroatoms. The number of rotatable bonds is 4. The van der Waals surface area contributed by atoms with Crippen molar-refractivity contribution in [2.24, 2.45) is 7.05 Å². The van der Waals surface area contributed by atoms with Crippen LogP contribution in [0.25, 0.3) is 0 Å². The van der Waals surface area contributed by atoms with Crippen molar-refractivity contribution in [3.8, 4) is 0 Å². The third kappa shape index (κ3) is 3.71. The van der Waals surface area contributed by atoms with Gasteiger partial charge in [-0.3, -0.25) is 9.48 Å². The summed E-state index contributed by atoms with van der Waals surface area (Å²) in [5, 5.41) is 10.3. The fourth-order valence-corrected chi connectivity index (χ4v) is 2.05. The molecule has 0 aromatic carbocycles. The van der Waals surface area contributed by atoms with E-state index in [1.54, 1.807) is 24.0 Å². The van der Waals surface area contributed by atoms with Crippen molar-refractivity contribution in [2.45, 2.75) is 25.3 Å². The first-order valence-electron chi connectivity index (χ1n) is 5.77. The minimum Gasteiger partial charge on any atom is -0.351 e. The highest BCUT2D eigenvalue weighted by Crippen LogP contribution is 2.07. The van der Waals surface area contributed by atoms with E-state index in [0.29, 0.717) is 11.7 Å². The number of hydrogen-bond acceptors (Lipinski definition) is 3. The first-order chi connectivity index (χ1) is 7.77. The van der Waals surface area contributed by atoms with E-state index >= 15 is 0 Å². The SMILES string of the molecule is Cl.Cn1nccc1C(=O)NCC[C@H]1CCCN1. The van der Waals surface area contributed by atoms with Crippen molar-refractivity contribution in [1.82, 2.24) is 20.4 Å². The number of aromatic nitrogens is 2. The summed E-state index contributed by atoms with van der Waals surface area (Å²) < 4.78 is 1.59. The highest BCUT2D eigenvalue weighted by Gasteiger charge is 2.14. The van der Waals surface area contributed by atoms with Gasteiger partial charge in [0.1, 0.15) is 5.69 Å². The number of hydrogen-bond donors (Lipinski definition) is 2. The van der Waals surface area contributed by atoms with Crippen molar-refractivity contribution in [3.05, 3.63) is 18.0 Å². The molecule has 1 aliphatic heterocycles. The molecule has 1 atom stereocenters. The maximum Gasteiger partial charge on any atom is 0.269 e. The van der Waals surface area contributed by atoms with Crippen LogP contribution in [0.1, 0.15) is 29.8 Å². The average Bonchev–Trinajstić information content (AvgIpc) is 2.88. The van der Waals surface area contributed by atoms with E-state index in [1.807, 2.05) is 0 Å². The van der Waals surface area contributed by atoms with Gasteiger partial charge < -0.3 is 10.6 Å². The Bertz CT molecular complexity index is 360. The fraction of sp³-hybridized carbons (Fsp3) is 0.636. The zero-order valence-corrected chi connectivity index (χ0v) is 10.8. The monoisotopic (exact) mass is 258 g/mol. The van der Waals surface area contributed by atoms with Gasteiger partial charge in [-0.05, 0) is 31.9 Å². The Balaban J connectivity index is 0.00000144. The van der Waals surface area contributed by atoms with Crippen LogP contribution in [0.15, 0.2) is 12.3 Å². The molecule has 1 fully saturated rings. The van der Waals surface area contributed by atoms with E-state index < -0.39 is 0 Å². The molecule has 2 heterocycles. The Kier molecular flexibility index (Phi) is 5.44. The number of nitrogens with one attached hydrogen (secondary N) is 2. The second kappa shape index (κ2) is 6.61. The predicted molar refractivity (Wildman–Crippen MR) is 68.4 cm³/mol. The van der Waals surface area contributed by atoms with Gasteiger partial charge >= 0.3 is 0 Å². The summed E-state index contributed by atoms with van der Waals surface area (Å²) in [6, 6.07) is 2.30. The molecule has 1 saturated heterocycles. The lowest BCUT2D eigenvalue weighted by Gasteiger charge is -2.10. The summed E-state index contributed by atoms with van der Waals surface area (Å²) in [6.07, 6.45) is 5.11. The van der Waals surface area contributed by atoms with E-state index in [9.17, 15) is 4.79 Å². The smallest absolute Gasteiger partial charge is 0.269 e. The zero-order chi connectivity index (χ0) is 11.4. The number of carbonyl (C=O) groups is 1. The summed E-state index contributed by atoms with van der Waals surface area (Å²) in [5.74, 6) is -0.0435. The molecule has 2 N–H and O–H groups in total. The second-order valence-electron chi connectivity index (χ2n) is 4.18. The standard InChI is InChI=1S/C11H18N4O.ClH/c1-15-10(5-8-14-15)11(16)13-7-4-9-3-2-6-12-9;/h5,8-9,12H,2-4,6-7H2,1H3,(H,13,16);1H/t9-;/m1./s1. The van der Waals surface area contributed by atoms with Gasteiger partial charge in [0.25, 0.3) is 5.91 Å². The van der Waals surface area contributed by atoms with E-state index in [0.717, 1.165) is 19.5 Å². The summed E-state index contributed by atoms with van der Waals surface area (Å²) in [6.45, 7) is 1.84. The Morgan fingerprint density at radius 1 is 1.71 bits per heavy atom. The zero-order valence-electron chi connectivity index (χ0n) is 9.98. The van der Waals surface area contributed by atoms with Gasteiger partial charge in [0.05, 0.1) is 0 Å². The quantitative estimate of drug-likeness (QED) is 0.837. The van der Waals surface area contributed by atoms with Gasteiger partial charge in [0.15, 0.2) is 0 Å². The van der Waals surface area contributed by atoms with Crippen molar-refractivity contribution in [3.63, 3.8) is 0 Å². The highest BCUT2D eigenvalue weighted by molar-refractivity contribution is 5.92. The normalized spacial score (nSPS) is 18.8. The van der Waals surface area contributed by atoms with Crippen LogP contribution in [0.5, 0.6) is 0 Å². The number of carbonyl (C=O) groups excluding carboxylic acids is 1. The maximum absolute atomic E-state index is 11.7. The van der Waals surface area contributed by atoms with Crippen LogP contribution in [0.4, 0.5) is 0 Å². The van der Waals surface area contributed by atoms with Crippen molar-refractivity contribution in [2.75, 3.05) is 13.1 Å². The Morgan fingerprint density at radius 2 is 2.53 bits per heavy atom. The first kappa shape index (κ1) is 14.0. The average molecular weight is 259 g/mol. The molecule has 96 valence electrons. The van der Waals surface area contributed by atoms with Crippen LogP contribution in [0.2, 0.25) is 0 Å². The number of halogens is 1. The minimum absolute atomic E-state index is 0. The van der Waals surface area contributed by atoms with Crippen LogP contribution in [0.3, 0.4) is 0 Å². The molecular weight excluding hydrogens is 240 g/mol. The lowest BCUT2D eigenvalue weighted by atomic mass is 10.1. The molecule has 1 aromatic heterocycles. The fourth-order valence-electron chi connectivity index (χ4n) is 2.05.